The molecule has 1 aliphatic rings. The van der Waals surface area contributed by atoms with Crippen LogP contribution < -0.4 is 0 Å². The van der Waals surface area contributed by atoms with Crippen molar-refractivity contribution in [3.63, 3.8) is 0 Å². The number of likely N-dealkylation sites (tertiary alicyclic amines) is 1. The van der Waals surface area contributed by atoms with Crippen LogP contribution in [0.5, 0.6) is 0 Å². The summed E-state index contributed by atoms with van der Waals surface area (Å²) in [6.07, 6.45) is 7.95. The number of nitrogens with zero attached hydrogens (tertiary/aromatic N) is 3. The monoisotopic (exact) mass is 299 g/mol. The van der Waals surface area contributed by atoms with E-state index >= 15 is 0 Å². The minimum atomic E-state index is -0.205. The van der Waals surface area contributed by atoms with Crippen LogP contribution in [0.3, 0.4) is 0 Å². The van der Waals surface area contributed by atoms with Crippen molar-refractivity contribution in [3.8, 4) is 5.69 Å². The number of hydrogen-bond donors (Lipinski definition) is 1. The summed E-state index contributed by atoms with van der Waals surface area (Å²) < 4.78 is 1.87. The molecule has 1 fully saturated rings. The van der Waals surface area contributed by atoms with E-state index in [0.717, 1.165) is 31.6 Å². The summed E-state index contributed by atoms with van der Waals surface area (Å²) >= 11 is 0. The molecule has 0 spiro atoms. The maximum Gasteiger partial charge on any atom is 0.0692 e. The number of hydrogen-bond acceptors (Lipinski definition) is 3. The van der Waals surface area contributed by atoms with E-state index in [2.05, 4.69) is 41.2 Å². The molecule has 1 aromatic heterocycles. The van der Waals surface area contributed by atoms with Crippen molar-refractivity contribution in [2.24, 2.45) is 0 Å². The van der Waals surface area contributed by atoms with Gasteiger partial charge in [-0.05, 0) is 49.6 Å². The SMILES string of the molecule is CCC(O)C1CCCCN1Cc1ccc(-n2cccn2)cc1. The normalized spacial score (nSPS) is 20.9. The molecule has 4 heteroatoms. The van der Waals surface area contributed by atoms with E-state index < -0.39 is 0 Å². The molecule has 0 saturated carbocycles. The highest BCUT2D eigenvalue weighted by Gasteiger charge is 2.27. The van der Waals surface area contributed by atoms with Crippen molar-refractivity contribution in [3.05, 3.63) is 48.3 Å². The molecule has 0 radical (unpaired) electrons. The van der Waals surface area contributed by atoms with Gasteiger partial charge in [0, 0.05) is 25.0 Å². The quantitative estimate of drug-likeness (QED) is 0.923. The van der Waals surface area contributed by atoms with Gasteiger partial charge in [-0.2, -0.15) is 5.10 Å². The predicted octanol–water partition coefficient (Wildman–Crippen LogP) is 3.00. The Kier molecular flexibility index (Phi) is 4.90. The summed E-state index contributed by atoms with van der Waals surface area (Å²) in [5.41, 5.74) is 2.38. The summed E-state index contributed by atoms with van der Waals surface area (Å²) in [5, 5.41) is 14.5. The van der Waals surface area contributed by atoms with Crippen LogP contribution in [0.2, 0.25) is 0 Å². The van der Waals surface area contributed by atoms with Crippen molar-refractivity contribution < 1.29 is 5.11 Å². The van der Waals surface area contributed by atoms with Crippen LogP contribution in [0.1, 0.15) is 38.2 Å². The molecule has 2 atom stereocenters. The number of rotatable bonds is 5. The van der Waals surface area contributed by atoms with Gasteiger partial charge in [0.2, 0.25) is 0 Å². The van der Waals surface area contributed by atoms with Crippen LogP contribution in [-0.2, 0) is 6.54 Å². The van der Waals surface area contributed by atoms with Gasteiger partial charge in [0.15, 0.2) is 0 Å². The van der Waals surface area contributed by atoms with Crippen molar-refractivity contribution in [1.29, 1.82) is 0 Å². The zero-order valence-corrected chi connectivity index (χ0v) is 13.2. The minimum absolute atomic E-state index is 0.205. The second kappa shape index (κ2) is 7.07. The number of benzene rings is 1. The molecule has 1 aromatic carbocycles. The lowest BCUT2D eigenvalue weighted by molar-refractivity contribution is 0.0195. The third kappa shape index (κ3) is 3.39. The fourth-order valence-electron chi connectivity index (χ4n) is 3.33. The largest absolute Gasteiger partial charge is 0.392 e. The van der Waals surface area contributed by atoms with E-state index in [1.165, 1.54) is 18.4 Å². The van der Waals surface area contributed by atoms with Crippen LogP contribution >= 0.6 is 0 Å². The molecule has 0 bridgehead atoms. The highest BCUT2D eigenvalue weighted by atomic mass is 16.3. The Morgan fingerprint density at radius 1 is 1.27 bits per heavy atom. The first-order valence-electron chi connectivity index (χ1n) is 8.29. The maximum absolute atomic E-state index is 10.2. The molecule has 1 saturated heterocycles. The van der Waals surface area contributed by atoms with Crippen LogP contribution in [0, 0.1) is 0 Å². The van der Waals surface area contributed by atoms with Gasteiger partial charge in [-0.3, -0.25) is 4.90 Å². The molecule has 2 heterocycles. The van der Waals surface area contributed by atoms with E-state index in [1.54, 1.807) is 6.20 Å². The zero-order chi connectivity index (χ0) is 15.4. The van der Waals surface area contributed by atoms with Gasteiger partial charge in [0.25, 0.3) is 0 Å². The lowest BCUT2D eigenvalue weighted by Gasteiger charge is -2.38. The van der Waals surface area contributed by atoms with Crippen molar-refractivity contribution in [2.75, 3.05) is 6.54 Å². The number of aliphatic hydroxyl groups is 1. The molecule has 1 N–H and O–H groups in total. The van der Waals surface area contributed by atoms with Gasteiger partial charge in [0.1, 0.15) is 0 Å². The molecule has 0 aliphatic carbocycles. The first-order chi connectivity index (χ1) is 10.8. The van der Waals surface area contributed by atoms with Gasteiger partial charge < -0.3 is 5.11 Å². The fourth-order valence-corrected chi connectivity index (χ4v) is 3.33. The average molecular weight is 299 g/mol. The van der Waals surface area contributed by atoms with Crippen molar-refractivity contribution in [1.82, 2.24) is 14.7 Å². The molecule has 3 rings (SSSR count). The molecule has 1 aliphatic heterocycles. The van der Waals surface area contributed by atoms with E-state index in [1.807, 2.05) is 16.9 Å². The Morgan fingerprint density at radius 3 is 2.77 bits per heavy atom. The van der Waals surface area contributed by atoms with Crippen LogP contribution in [0.4, 0.5) is 0 Å². The average Bonchev–Trinajstić information content (AvgIpc) is 3.10. The van der Waals surface area contributed by atoms with Crippen molar-refractivity contribution >= 4 is 0 Å². The maximum atomic E-state index is 10.2. The number of piperidine rings is 1. The second-order valence-corrected chi connectivity index (χ2v) is 6.13. The molecule has 2 unspecified atom stereocenters. The Morgan fingerprint density at radius 2 is 2.09 bits per heavy atom. The van der Waals surface area contributed by atoms with Gasteiger partial charge in [-0.25, -0.2) is 4.68 Å². The lowest BCUT2D eigenvalue weighted by Crippen LogP contribution is -2.46. The van der Waals surface area contributed by atoms with E-state index in [0.29, 0.717) is 6.04 Å². The first-order valence-corrected chi connectivity index (χ1v) is 8.29. The molecule has 22 heavy (non-hydrogen) atoms. The summed E-state index contributed by atoms with van der Waals surface area (Å²) in [5.74, 6) is 0. The Bertz CT molecular complexity index is 565. The van der Waals surface area contributed by atoms with E-state index in [4.69, 9.17) is 0 Å². The Hall–Kier alpha value is -1.65. The molecule has 118 valence electrons. The predicted molar refractivity (Wildman–Crippen MR) is 87.9 cm³/mol. The third-order valence-electron chi connectivity index (χ3n) is 4.62. The van der Waals surface area contributed by atoms with Gasteiger partial charge in [-0.15, -0.1) is 0 Å². The molecule has 0 amide bonds. The number of aliphatic hydroxyl groups excluding tert-OH is 1. The molecular formula is C18H25N3O. The summed E-state index contributed by atoms with van der Waals surface area (Å²) in [6.45, 7) is 4.07. The van der Waals surface area contributed by atoms with E-state index in [-0.39, 0.29) is 6.10 Å². The standard InChI is InChI=1S/C18H25N3O/c1-2-18(22)17-6-3-4-12-20(17)14-15-7-9-16(10-8-15)21-13-5-11-19-21/h5,7-11,13,17-18,22H,2-4,6,12,14H2,1H3. The first kappa shape index (κ1) is 15.3. The van der Waals surface area contributed by atoms with Crippen LogP contribution in [0.15, 0.2) is 42.7 Å². The van der Waals surface area contributed by atoms with Crippen LogP contribution in [-0.4, -0.2) is 38.5 Å². The van der Waals surface area contributed by atoms with Crippen molar-refractivity contribution in [2.45, 2.75) is 51.3 Å². The number of aromatic nitrogens is 2. The van der Waals surface area contributed by atoms with Gasteiger partial charge >= 0.3 is 0 Å². The second-order valence-electron chi connectivity index (χ2n) is 6.13. The summed E-state index contributed by atoms with van der Waals surface area (Å²) in [4.78, 5) is 2.45. The minimum Gasteiger partial charge on any atom is -0.392 e. The smallest absolute Gasteiger partial charge is 0.0692 e. The van der Waals surface area contributed by atoms with Crippen LogP contribution in [0.25, 0.3) is 5.69 Å². The molecular weight excluding hydrogens is 274 g/mol. The van der Waals surface area contributed by atoms with Gasteiger partial charge in [0.05, 0.1) is 11.8 Å². The summed E-state index contributed by atoms with van der Waals surface area (Å²) in [7, 11) is 0. The lowest BCUT2D eigenvalue weighted by atomic mass is 9.95. The van der Waals surface area contributed by atoms with E-state index in [9.17, 15) is 5.11 Å². The third-order valence-corrected chi connectivity index (χ3v) is 4.62. The summed E-state index contributed by atoms with van der Waals surface area (Å²) in [6, 6.07) is 10.8. The molecule has 2 aromatic rings. The zero-order valence-electron chi connectivity index (χ0n) is 13.2. The highest BCUT2D eigenvalue weighted by molar-refractivity contribution is 5.33. The fraction of sp³-hybridized carbons (Fsp3) is 0.500. The van der Waals surface area contributed by atoms with Gasteiger partial charge in [-0.1, -0.05) is 25.5 Å². The highest BCUT2D eigenvalue weighted by Crippen LogP contribution is 2.23. The molecule has 4 nitrogen and oxygen atoms in total. The topological polar surface area (TPSA) is 41.3 Å². The Balaban J connectivity index is 1.69. The Labute approximate surface area is 132 Å².